The van der Waals surface area contributed by atoms with Gasteiger partial charge in [0.1, 0.15) is 28.7 Å². The molecule has 0 fully saturated rings. The van der Waals surface area contributed by atoms with Crippen molar-refractivity contribution in [3.63, 3.8) is 0 Å². The Hall–Kier alpha value is -5.26. The number of carbonyl (C=O) groups excluding carboxylic acids is 2. The van der Waals surface area contributed by atoms with E-state index in [0.717, 1.165) is 22.7 Å². The summed E-state index contributed by atoms with van der Waals surface area (Å²) in [7, 11) is 1.49. The van der Waals surface area contributed by atoms with Gasteiger partial charge in [0, 0.05) is 37.1 Å². The molecule has 0 spiro atoms. The predicted octanol–water partition coefficient (Wildman–Crippen LogP) is 5.51. The molecule has 5 rings (SSSR count). The summed E-state index contributed by atoms with van der Waals surface area (Å²) >= 11 is 0. The molecule has 3 amide bonds. The SMILES string of the molecule is CNC(=O)c1cc(Oc2ccc(NC(=O)Nc3cn(C(C)(C)C)nc3-c3ccc4[nH]cnc4c3)c(F)c2)ccn1. The Morgan fingerprint density at radius 1 is 0.975 bits per heavy atom. The minimum atomic E-state index is -0.706. The second kappa shape index (κ2) is 10.5. The lowest BCUT2D eigenvalue weighted by Crippen LogP contribution is -2.22. The van der Waals surface area contributed by atoms with Crippen LogP contribution in [0.2, 0.25) is 0 Å². The van der Waals surface area contributed by atoms with Crippen LogP contribution in [0.3, 0.4) is 0 Å². The molecule has 0 radical (unpaired) electrons. The molecule has 12 heteroatoms. The van der Waals surface area contributed by atoms with Crippen LogP contribution in [0.1, 0.15) is 31.3 Å². The molecule has 0 saturated heterocycles. The maximum atomic E-state index is 14.9. The summed E-state index contributed by atoms with van der Waals surface area (Å²) in [6.45, 7) is 5.98. The van der Waals surface area contributed by atoms with Crippen LogP contribution in [-0.4, -0.2) is 43.7 Å². The number of amides is 3. The van der Waals surface area contributed by atoms with Gasteiger partial charge in [-0.05, 0) is 51.1 Å². The average molecular weight is 543 g/mol. The van der Waals surface area contributed by atoms with Gasteiger partial charge in [0.15, 0.2) is 0 Å². The fourth-order valence-electron chi connectivity index (χ4n) is 3.90. The lowest BCUT2D eigenvalue weighted by atomic mass is 10.1. The first kappa shape index (κ1) is 26.4. The van der Waals surface area contributed by atoms with Crippen molar-refractivity contribution in [2.45, 2.75) is 26.3 Å². The van der Waals surface area contributed by atoms with E-state index in [1.807, 2.05) is 39.0 Å². The highest BCUT2D eigenvalue weighted by atomic mass is 19.1. The molecule has 3 aromatic heterocycles. The normalized spacial score (nSPS) is 11.3. The van der Waals surface area contributed by atoms with E-state index in [1.165, 1.54) is 31.4 Å². The monoisotopic (exact) mass is 542 g/mol. The lowest BCUT2D eigenvalue weighted by molar-refractivity contribution is 0.0957. The number of rotatable bonds is 6. The Morgan fingerprint density at radius 2 is 1.75 bits per heavy atom. The van der Waals surface area contributed by atoms with Gasteiger partial charge in [0.25, 0.3) is 5.91 Å². The van der Waals surface area contributed by atoms with Crippen LogP contribution in [0.25, 0.3) is 22.3 Å². The highest BCUT2D eigenvalue weighted by molar-refractivity contribution is 6.02. The summed E-state index contributed by atoms with van der Waals surface area (Å²) in [6, 6.07) is 12.0. The zero-order chi connectivity index (χ0) is 28.4. The molecule has 4 N–H and O–H groups in total. The van der Waals surface area contributed by atoms with Gasteiger partial charge in [-0.1, -0.05) is 6.07 Å². The molecule has 11 nitrogen and oxygen atoms in total. The molecule has 204 valence electrons. The number of hydrogen-bond acceptors (Lipinski definition) is 6. The van der Waals surface area contributed by atoms with E-state index in [9.17, 15) is 14.0 Å². The number of nitrogens with zero attached hydrogens (tertiary/aromatic N) is 4. The Balaban J connectivity index is 1.34. The summed E-state index contributed by atoms with van der Waals surface area (Å²) in [6.07, 6.45) is 4.76. The van der Waals surface area contributed by atoms with Gasteiger partial charge in [-0.3, -0.25) is 14.5 Å². The summed E-state index contributed by atoms with van der Waals surface area (Å²) < 4.78 is 22.3. The van der Waals surface area contributed by atoms with Gasteiger partial charge < -0.3 is 25.7 Å². The molecule has 0 atom stereocenters. The molecule has 0 aliphatic rings. The Morgan fingerprint density at radius 3 is 2.50 bits per heavy atom. The molecule has 0 saturated carbocycles. The van der Waals surface area contributed by atoms with E-state index >= 15 is 0 Å². The van der Waals surface area contributed by atoms with Crippen molar-refractivity contribution >= 4 is 34.3 Å². The highest BCUT2D eigenvalue weighted by Gasteiger charge is 2.21. The largest absolute Gasteiger partial charge is 0.457 e. The minimum absolute atomic E-state index is 0.0478. The van der Waals surface area contributed by atoms with E-state index < -0.39 is 11.8 Å². The number of pyridine rings is 1. The van der Waals surface area contributed by atoms with Gasteiger partial charge in [0.05, 0.1) is 34.3 Å². The number of imidazole rings is 1. The zero-order valence-corrected chi connectivity index (χ0v) is 22.2. The van der Waals surface area contributed by atoms with E-state index in [4.69, 9.17) is 9.84 Å². The van der Waals surface area contributed by atoms with Gasteiger partial charge in [0.2, 0.25) is 0 Å². The molecule has 0 aliphatic carbocycles. The van der Waals surface area contributed by atoms with Crippen LogP contribution < -0.4 is 20.7 Å². The van der Waals surface area contributed by atoms with Crippen LogP contribution in [0, 0.1) is 5.82 Å². The zero-order valence-electron chi connectivity index (χ0n) is 22.2. The lowest BCUT2D eigenvalue weighted by Gasteiger charge is -2.18. The number of urea groups is 1. The second-order valence-corrected chi connectivity index (χ2v) is 9.92. The highest BCUT2D eigenvalue weighted by Crippen LogP contribution is 2.31. The summed E-state index contributed by atoms with van der Waals surface area (Å²) in [4.78, 5) is 36.1. The number of anilines is 2. The fraction of sp³-hybridized carbons (Fsp3) is 0.179. The number of hydrogen-bond donors (Lipinski definition) is 4. The molecule has 3 heterocycles. The van der Waals surface area contributed by atoms with Crippen LogP contribution in [0.5, 0.6) is 11.5 Å². The first-order valence-electron chi connectivity index (χ1n) is 12.4. The number of benzene rings is 2. The van der Waals surface area contributed by atoms with Crippen LogP contribution >= 0.6 is 0 Å². The maximum Gasteiger partial charge on any atom is 0.323 e. The number of halogens is 1. The topological polar surface area (TPSA) is 139 Å². The van der Waals surface area contributed by atoms with Crippen molar-refractivity contribution in [1.82, 2.24) is 30.0 Å². The molecular weight excluding hydrogens is 515 g/mol. The van der Waals surface area contributed by atoms with Gasteiger partial charge in [-0.15, -0.1) is 0 Å². The van der Waals surface area contributed by atoms with Crippen molar-refractivity contribution in [2.24, 2.45) is 0 Å². The molecular formula is C28H27FN8O3. The number of aromatic amines is 1. The number of ether oxygens (including phenoxy) is 1. The second-order valence-electron chi connectivity index (χ2n) is 9.92. The standard InChI is InChI=1S/C28H27FN8O3/c1-28(2,3)37-14-24(25(36-37)16-5-7-21-22(11-16)33-15-32-21)35-27(39)34-20-8-6-17(12-19(20)29)40-18-9-10-31-23(13-18)26(38)30-4/h5-15H,1-4H3,(H,30,38)(H,32,33)(H2,34,35,39). The Labute approximate surface area is 228 Å². The molecule has 0 unspecified atom stereocenters. The van der Waals surface area contributed by atoms with Crippen molar-refractivity contribution in [3.8, 4) is 22.8 Å². The third-order valence-corrected chi connectivity index (χ3v) is 5.96. The third-order valence-electron chi connectivity index (χ3n) is 5.96. The Kier molecular flexibility index (Phi) is 6.91. The molecule has 2 aromatic carbocycles. The van der Waals surface area contributed by atoms with Crippen molar-refractivity contribution < 1.29 is 18.7 Å². The quantitative estimate of drug-likeness (QED) is 0.223. The maximum absolute atomic E-state index is 14.9. The molecule has 0 aliphatic heterocycles. The van der Waals surface area contributed by atoms with Crippen molar-refractivity contribution in [3.05, 3.63) is 78.8 Å². The first-order chi connectivity index (χ1) is 19.1. The average Bonchev–Trinajstić information content (AvgIpc) is 3.56. The number of carbonyl (C=O) groups is 2. The van der Waals surface area contributed by atoms with E-state index in [2.05, 4.69) is 30.9 Å². The van der Waals surface area contributed by atoms with Gasteiger partial charge in [-0.25, -0.2) is 14.2 Å². The molecule has 0 bridgehead atoms. The number of fused-ring (bicyclic) bond motifs is 1. The van der Waals surface area contributed by atoms with Crippen molar-refractivity contribution in [2.75, 3.05) is 17.7 Å². The first-order valence-corrected chi connectivity index (χ1v) is 12.4. The Bertz CT molecular complexity index is 1720. The summed E-state index contributed by atoms with van der Waals surface area (Å²) in [5.74, 6) is -0.592. The summed E-state index contributed by atoms with van der Waals surface area (Å²) in [5, 5.41) is 12.5. The predicted molar refractivity (Wildman–Crippen MR) is 149 cm³/mol. The van der Waals surface area contributed by atoms with E-state index in [-0.39, 0.29) is 28.6 Å². The van der Waals surface area contributed by atoms with Crippen LogP contribution in [0.4, 0.5) is 20.6 Å². The van der Waals surface area contributed by atoms with Gasteiger partial charge >= 0.3 is 6.03 Å². The summed E-state index contributed by atoms with van der Waals surface area (Å²) in [5.41, 5.74) is 3.17. The smallest absolute Gasteiger partial charge is 0.323 e. The number of nitrogens with one attached hydrogen (secondary N) is 4. The number of H-pyrrole nitrogens is 1. The molecule has 40 heavy (non-hydrogen) atoms. The van der Waals surface area contributed by atoms with E-state index in [0.29, 0.717) is 17.1 Å². The number of aromatic nitrogens is 5. The minimum Gasteiger partial charge on any atom is -0.457 e. The fourth-order valence-corrected chi connectivity index (χ4v) is 3.90. The molecule has 5 aromatic rings. The third kappa shape index (κ3) is 5.60. The van der Waals surface area contributed by atoms with E-state index in [1.54, 1.807) is 23.3 Å². The van der Waals surface area contributed by atoms with Gasteiger partial charge in [-0.2, -0.15) is 5.10 Å². The van der Waals surface area contributed by atoms with Crippen LogP contribution in [0.15, 0.2) is 67.3 Å². The van der Waals surface area contributed by atoms with Crippen molar-refractivity contribution in [1.29, 1.82) is 0 Å². The van der Waals surface area contributed by atoms with Crippen LogP contribution in [-0.2, 0) is 5.54 Å².